The largest absolute Gasteiger partial charge is 0.495 e. The Hall–Kier alpha value is -2.16. The molecule has 2 N–H and O–H groups in total. The van der Waals surface area contributed by atoms with Crippen molar-refractivity contribution >= 4 is 17.1 Å². The van der Waals surface area contributed by atoms with Gasteiger partial charge in [0.15, 0.2) is 0 Å². The maximum absolute atomic E-state index is 5.83. The van der Waals surface area contributed by atoms with Crippen LogP contribution in [0.4, 0.5) is 17.1 Å². The standard InChI is InChI=1S/C16H20N2O/c1-4-12-5-7-13(8-6-12)18(2)14-9-10-15(17)16(11-14)19-3/h5-11H,4,17H2,1-3H3. The molecule has 0 atom stereocenters. The maximum Gasteiger partial charge on any atom is 0.143 e. The van der Waals surface area contributed by atoms with Crippen molar-refractivity contribution in [3.8, 4) is 5.75 Å². The van der Waals surface area contributed by atoms with Crippen molar-refractivity contribution in [1.82, 2.24) is 0 Å². The molecule has 100 valence electrons. The first-order chi connectivity index (χ1) is 9.15. The molecule has 0 amide bonds. The number of nitrogen functional groups attached to an aromatic ring is 1. The predicted molar refractivity (Wildman–Crippen MR) is 81.3 cm³/mol. The van der Waals surface area contributed by atoms with E-state index in [-0.39, 0.29) is 0 Å². The lowest BCUT2D eigenvalue weighted by atomic mass is 10.1. The van der Waals surface area contributed by atoms with Crippen molar-refractivity contribution < 1.29 is 4.74 Å². The molecule has 0 aromatic heterocycles. The Morgan fingerprint density at radius 2 is 1.68 bits per heavy atom. The molecule has 19 heavy (non-hydrogen) atoms. The van der Waals surface area contributed by atoms with Gasteiger partial charge in [-0.25, -0.2) is 0 Å². The van der Waals surface area contributed by atoms with Crippen LogP contribution in [0.2, 0.25) is 0 Å². The zero-order valence-electron chi connectivity index (χ0n) is 11.7. The summed E-state index contributed by atoms with van der Waals surface area (Å²) in [6.45, 7) is 2.16. The topological polar surface area (TPSA) is 38.5 Å². The van der Waals surface area contributed by atoms with E-state index in [1.54, 1.807) is 7.11 Å². The van der Waals surface area contributed by atoms with Crippen LogP contribution in [0.3, 0.4) is 0 Å². The van der Waals surface area contributed by atoms with Gasteiger partial charge in [0.1, 0.15) is 5.75 Å². The van der Waals surface area contributed by atoms with E-state index in [0.717, 1.165) is 17.8 Å². The van der Waals surface area contributed by atoms with Crippen LogP contribution in [-0.4, -0.2) is 14.2 Å². The van der Waals surface area contributed by atoms with E-state index in [1.165, 1.54) is 5.56 Å². The first-order valence-corrected chi connectivity index (χ1v) is 6.42. The number of aryl methyl sites for hydroxylation is 1. The lowest BCUT2D eigenvalue weighted by molar-refractivity contribution is 0.417. The van der Waals surface area contributed by atoms with Gasteiger partial charge in [-0.05, 0) is 36.2 Å². The van der Waals surface area contributed by atoms with Crippen LogP contribution in [0.5, 0.6) is 5.75 Å². The zero-order chi connectivity index (χ0) is 13.8. The molecule has 3 heteroatoms. The minimum atomic E-state index is 0.654. The second kappa shape index (κ2) is 5.65. The molecule has 0 heterocycles. The quantitative estimate of drug-likeness (QED) is 0.849. The van der Waals surface area contributed by atoms with Gasteiger partial charge in [0, 0.05) is 24.5 Å². The number of rotatable bonds is 4. The summed E-state index contributed by atoms with van der Waals surface area (Å²) < 4.78 is 5.26. The first-order valence-electron chi connectivity index (χ1n) is 6.42. The SMILES string of the molecule is CCc1ccc(N(C)c2ccc(N)c(OC)c2)cc1. The summed E-state index contributed by atoms with van der Waals surface area (Å²) in [6, 6.07) is 14.4. The molecular weight excluding hydrogens is 236 g/mol. The van der Waals surface area contributed by atoms with Gasteiger partial charge in [-0.1, -0.05) is 19.1 Å². The highest BCUT2D eigenvalue weighted by Gasteiger charge is 2.07. The van der Waals surface area contributed by atoms with Crippen molar-refractivity contribution in [2.24, 2.45) is 0 Å². The molecule has 0 saturated carbocycles. The molecule has 0 aliphatic carbocycles. The van der Waals surface area contributed by atoms with Gasteiger partial charge in [-0.3, -0.25) is 0 Å². The van der Waals surface area contributed by atoms with Crippen molar-refractivity contribution in [3.05, 3.63) is 48.0 Å². The van der Waals surface area contributed by atoms with Crippen LogP contribution in [-0.2, 0) is 6.42 Å². The van der Waals surface area contributed by atoms with Crippen molar-refractivity contribution in [2.75, 3.05) is 24.8 Å². The molecule has 0 unspecified atom stereocenters. The van der Waals surface area contributed by atoms with Crippen LogP contribution >= 0.6 is 0 Å². The minimum absolute atomic E-state index is 0.654. The molecule has 3 nitrogen and oxygen atoms in total. The summed E-state index contributed by atoms with van der Waals surface area (Å²) in [5, 5.41) is 0. The summed E-state index contributed by atoms with van der Waals surface area (Å²) in [6.07, 6.45) is 1.06. The molecule has 0 radical (unpaired) electrons. The fourth-order valence-electron chi connectivity index (χ4n) is 2.01. The lowest BCUT2D eigenvalue weighted by Gasteiger charge is -2.21. The Balaban J connectivity index is 2.29. The molecule has 2 aromatic carbocycles. The van der Waals surface area contributed by atoms with Gasteiger partial charge in [0.2, 0.25) is 0 Å². The van der Waals surface area contributed by atoms with Crippen molar-refractivity contribution in [3.63, 3.8) is 0 Å². The van der Waals surface area contributed by atoms with Crippen molar-refractivity contribution in [1.29, 1.82) is 0 Å². The van der Waals surface area contributed by atoms with Gasteiger partial charge < -0.3 is 15.4 Å². The second-order valence-electron chi connectivity index (χ2n) is 4.51. The average molecular weight is 256 g/mol. The molecule has 0 spiro atoms. The third-order valence-corrected chi connectivity index (χ3v) is 3.34. The zero-order valence-corrected chi connectivity index (χ0v) is 11.7. The van der Waals surface area contributed by atoms with Crippen LogP contribution < -0.4 is 15.4 Å². The Kier molecular flexibility index (Phi) is 3.95. The van der Waals surface area contributed by atoms with E-state index in [9.17, 15) is 0 Å². The molecule has 0 aliphatic heterocycles. The third-order valence-electron chi connectivity index (χ3n) is 3.34. The van der Waals surface area contributed by atoms with Gasteiger partial charge in [-0.2, -0.15) is 0 Å². The number of nitrogens with two attached hydrogens (primary N) is 1. The van der Waals surface area contributed by atoms with E-state index in [2.05, 4.69) is 36.1 Å². The molecular formula is C16H20N2O. The van der Waals surface area contributed by atoms with Crippen molar-refractivity contribution in [2.45, 2.75) is 13.3 Å². The number of benzene rings is 2. The first kappa shape index (κ1) is 13.3. The van der Waals surface area contributed by atoms with E-state index >= 15 is 0 Å². The van der Waals surface area contributed by atoms with Gasteiger partial charge >= 0.3 is 0 Å². The highest BCUT2D eigenvalue weighted by molar-refractivity contribution is 5.68. The van der Waals surface area contributed by atoms with E-state index in [0.29, 0.717) is 11.4 Å². The summed E-state index contributed by atoms with van der Waals surface area (Å²) in [4.78, 5) is 2.11. The number of anilines is 3. The van der Waals surface area contributed by atoms with E-state index in [1.807, 2.05) is 25.2 Å². The fraction of sp³-hybridized carbons (Fsp3) is 0.250. The average Bonchev–Trinajstić information content (AvgIpc) is 2.47. The monoisotopic (exact) mass is 256 g/mol. The molecule has 0 fully saturated rings. The van der Waals surface area contributed by atoms with Crippen LogP contribution in [0.1, 0.15) is 12.5 Å². The second-order valence-corrected chi connectivity index (χ2v) is 4.51. The van der Waals surface area contributed by atoms with Gasteiger partial charge in [-0.15, -0.1) is 0 Å². The summed E-state index contributed by atoms with van der Waals surface area (Å²) in [5.74, 6) is 0.703. The molecule has 0 bridgehead atoms. The minimum Gasteiger partial charge on any atom is -0.495 e. The van der Waals surface area contributed by atoms with Gasteiger partial charge in [0.25, 0.3) is 0 Å². The number of ether oxygens (including phenoxy) is 1. The van der Waals surface area contributed by atoms with Crippen LogP contribution in [0, 0.1) is 0 Å². The number of methoxy groups -OCH3 is 1. The maximum atomic E-state index is 5.83. The molecule has 0 saturated heterocycles. The van der Waals surface area contributed by atoms with Crippen LogP contribution in [0.25, 0.3) is 0 Å². The normalized spacial score (nSPS) is 10.3. The van der Waals surface area contributed by atoms with E-state index < -0.39 is 0 Å². The predicted octanol–water partition coefficient (Wildman–Crippen LogP) is 3.61. The number of hydrogen-bond acceptors (Lipinski definition) is 3. The summed E-state index contributed by atoms with van der Waals surface area (Å²) in [7, 11) is 3.66. The third kappa shape index (κ3) is 2.81. The Morgan fingerprint density at radius 1 is 1.05 bits per heavy atom. The molecule has 2 rings (SSSR count). The van der Waals surface area contributed by atoms with E-state index in [4.69, 9.17) is 10.5 Å². The highest BCUT2D eigenvalue weighted by atomic mass is 16.5. The van der Waals surface area contributed by atoms with Crippen LogP contribution in [0.15, 0.2) is 42.5 Å². The fourth-order valence-corrected chi connectivity index (χ4v) is 2.01. The Morgan fingerprint density at radius 3 is 2.26 bits per heavy atom. The Labute approximate surface area is 114 Å². The smallest absolute Gasteiger partial charge is 0.143 e. The van der Waals surface area contributed by atoms with Gasteiger partial charge in [0.05, 0.1) is 12.8 Å². The lowest BCUT2D eigenvalue weighted by Crippen LogP contribution is -2.09. The highest BCUT2D eigenvalue weighted by Crippen LogP contribution is 2.30. The summed E-state index contributed by atoms with van der Waals surface area (Å²) in [5.41, 5.74) is 10.0. The number of hydrogen-bond donors (Lipinski definition) is 1. The molecule has 2 aromatic rings. The number of nitrogens with zero attached hydrogens (tertiary/aromatic N) is 1. The molecule has 0 aliphatic rings. The Bertz CT molecular complexity index is 549. The summed E-state index contributed by atoms with van der Waals surface area (Å²) >= 11 is 0.